The Kier molecular flexibility index (Phi) is 5.03. The van der Waals surface area contributed by atoms with E-state index in [0.29, 0.717) is 5.71 Å². The van der Waals surface area contributed by atoms with E-state index in [1.165, 1.54) is 5.56 Å². The summed E-state index contributed by atoms with van der Waals surface area (Å²) in [6.45, 7) is 7.69. The van der Waals surface area contributed by atoms with Gasteiger partial charge >= 0.3 is 0 Å². The van der Waals surface area contributed by atoms with Crippen molar-refractivity contribution in [3.63, 3.8) is 0 Å². The Bertz CT molecular complexity index is 1000. The molecule has 6 nitrogen and oxygen atoms in total. The Balaban J connectivity index is 1.44. The van der Waals surface area contributed by atoms with Crippen LogP contribution in [0.3, 0.4) is 0 Å². The second kappa shape index (κ2) is 7.62. The Labute approximate surface area is 165 Å². The normalized spacial score (nSPS) is 15.2. The lowest BCUT2D eigenvalue weighted by Crippen LogP contribution is -2.38. The predicted octanol–water partition coefficient (Wildman–Crippen LogP) is 4.26. The fraction of sp³-hybridized carbons (Fsp3) is 0.409. The lowest BCUT2D eigenvalue weighted by molar-refractivity contribution is -0.120. The molecule has 3 aromatic rings. The third-order valence-corrected chi connectivity index (χ3v) is 5.71. The van der Waals surface area contributed by atoms with Crippen molar-refractivity contribution in [2.75, 3.05) is 23.3 Å². The molecule has 6 heteroatoms. The number of carbonyl (C=O) groups excluding carboxylic acids is 1. The van der Waals surface area contributed by atoms with E-state index in [2.05, 4.69) is 39.2 Å². The number of nitrogens with zero attached hydrogens (tertiary/aromatic N) is 3. The fourth-order valence-electron chi connectivity index (χ4n) is 3.87. The minimum Gasteiger partial charge on any atom is -0.443 e. The van der Waals surface area contributed by atoms with E-state index in [1.54, 1.807) is 6.33 Å². The molecular formula is C22H26N4O2. The highest BCUT2D eigenvalue weighted by Crippen LogP contribution is 2.32. The van der Waals surface area contributed by atoms with Crippen molar-refractivity contribution in [3.05, 3.63) is 47.5 Å². The molecule has 0 saturated carbocycles. The molecule has 0 radical (unpaired) electrons. The minimum atomic E-state index is 0.0195. The molecule has 1 amide bonds. The number of nitrogens with one attached hydrogen (secondary N) is 1. The molecular weight excluding hydrogens is 352 g/mol. The van der Waals surface area contributed by atoms with Gasteiger partial charge in [0.1, 0.15) is 17.9 Å². The second-order valence-corrected chi connectivity index (χ2v) is 7.47. The fourth-order valence-corrected chi connectivity index (χ4v) is 3.87. The van der Waals surface area contributed by atoms with E-state index in [-0.39, 0.29) is 11.8 Å². The molecule has 4 rings (SSSR count). The summed E-state index contributed by atoms with van der Waals surface area (Å²) in [4.78, 5) is 23.7. The molecule has 0 aliphatic carbocycles. The largest absolute Gasteiger partial charge is 0.443 e. The van der Waals surface area contributed by atoms with Gasteiger partial charge in [0.2, 0.25) is 11.6 Å². The summed E-state index contributed by atoms with van der Waals surface area (Å²) in [7, 11) is 0. The number of hydrogen-bond donors (Lipinski definition) is 1. The van der Waals surface area contributed by atoms with Crippen LogP contribution in [0.25, 0.3) is 11.1 Å². The van der Waals surface area contributed by atoms with Gasteiger partial charge in [-0.05, 0) is 50.8 Å². The van der Waals surface area contributed by atoms with Crippen LogP contribution in [-0.4, -0.2) is 29.0 Å². The number of carbonyl (C=O) groups is 1. The van der Waals surface area contributed by atoms with Gasteiger partial charge in [-0.25, -0.2) is 9.97 Å². The molecule has 2 aromatic heterocycles. The van der Waals surface area contributed by atoms with Gasteiger partial charge in [-0.2, -0.15) is 0 Å². The lowest BCUT2D eigenvalue weighted by Gasteiger charge is -2.32. The van der Waals surface area contributed by atoms with Gasteiger partial charge in [-0.3, -0.25) is 4.79 Å². The van der Waals surface area contributed by atoms with Gasteiger partial charge < -0.3 is 14.6 Å². The Morgan fingerprint density at radius 2 is 2.04 bits per heavy atom. The second-order valence-electron chi connectivity index (χ2n) is 7.47. The van der Waals surface area contributed by atoms with E-state index in [1.807, 2.05) is 26.0 Å². The van der Waals surface area contributed by atoms with Crippen LogP contribution >= 0.6 is 0 Å². The molecule has 146 valence electrons. The molecule has 0 unspecified atom stereocenters. The SMILES string of the molecule is CCc1cccc(NC(=O)C2CCN(c3ncnc4oc(C)c(C)c34)CC2)c1. The molecule has 1 aliphatic heterocycles. The van der Waals surface area contributed by atoms with Gasteiger partial charge in [0.15, 0.2) is 0 Å². The number of amides is 1. The molecule has 0 spiro atoms. The highest BCUT2D eigenvalue weighted by atomic mass is 16.3. The van der Waals surface area contributed by atoms with Crippen molar-refractivity contribution in [2.45, 2.75) is 40.0 Å². The quantitative estimate of drug-likeness (QED) is 0.735. The summed E-state index contributed by atoms with van der Waals surface area (Å²) >= 11 is 0. The number of hydrogen-bond acceptors (Lipinski definition) is 5. The highest BCUT2D eigenvalue weighted by molar-refractivity contribution is 5.93. The van der Waals surface area contributed by atoms with E-state index < -0.39 is 0 Å². The maximum absolute atomic E-state index is 12.7. The molecule has 3 heterocycles. The maximum atomic E-state index is 12.7. The lowest BCUT2D eigenvalue weighted by atomic mass is 9.95. The monoisotopic (exact) mass is 378 g/mol. The number of aromatic nitrogens is 2. The van der Waals surface area contributed by atoms with Crippen molar-refractivity contribution < 1.29 is 9.21 Å². The number of rotatable bonds is 4. The van der Waals surface area contributed by atoms with E-state index >= 15 is 0 Å². The van der Waals surface area contributed by atoms with Crippen molar-refractivity contribution in [2.24, 2.45) is 5.92 Å². The molecule has 1 N–H and O–H groups in total. The van der Waals surface area contributed by atoms with E-state index in [0.717, 1.165) is 60.6 Å². The zero-order valence-electron chi connectivity index (χ0n) is 16.7. The van der Waals surface area contributed by atoms with Crippen LogP contribution in [0.4, 0.5) is 11.5 Å². The van der Waals surface area contributed by atoms with Gasteiger partial charge in [0.25, 0.3) is 0 Å². The number of furan rings is 1. The summed E-state index contributed by atoms with van der Waals surface area (Å²) < 4.78 is 5.73. The topological polar surface area (TPSA) is 71.3 Å². The molecule has 1 aliphatic rings. The zero-order valence-corrected chi connectivity index (χ0v) is 16.7. The first kappa shape index (κ1) is 18.5. The van der Waals surface area contributed by atoms with Crippen LogP contribution in [-0.2, 0) is 11.2 Å². The number of anilines is 2. The highest BCUT2D eigenvalue weighted by Gasteiger charge is 2.27. The summed E-state index contributed by atoms with van der Waals surface area (Å²) in [5.41, 5.74) is 3.83. The third-order valence-electron chi connectivity index (χ3n) is 5.71. The van der Waals surface area contributed by atoms with Crippen LogP contribution in [0, 0.1) is 19.8 Å². The summed E-state index contributed by atoms with van der Waals surface area (Å²) in [5, 5.41) is 4.07. The molecule has 1 fully saturated rings. The van der Waals surface area contributed by atoms with Gasteiger partial charge in [-0.1, -0.05) is 19.1 Å². The van der Waals surface area contributed by atoms with E-state index in [9.17, 15) is 4.79 Å². The van der Waals surface area contributed by atoms with Crippen molar-refractivity contribution in [1.82, 2.24) is 9.97 Å². The molecule has 1 saturated heterocycles. The van der Waals surface area contributed by atoms with Crippen LogP contribution in [0.1, 0.15) is 36.7 Å². The Morgan fingerprint density at radius 1 is 1.25 bits per heavy atom. The van der Waals surface area contributed by atoms with Crippen LogP contribution in [0.2, 0.25) is 0 Å². The average Bonchev–Trinajstić information content (AvgIpc) is 3.02. The number of fused-ring (bicyclic) bond motifs is 1. The Morgan fingerprint density at radius 3 is 2.79 bits per heavy atom. The summed E-state index contributed by atoms with van der Waals surface area (Å²) in [6, 6.07) is 8.07. The third kappa shape index (κ3) is 3.46. The Hall–Kier alpha value is -2.89. The van der Waals surface area contributed by atoms with Gasteiger partial charge in [-0.15, -0.1) is 0 Å². The molecule has 0 bridgehead atoms. The summed E-state index contributed by atoms with van der Waals surface area (Å²) in [5.74, 6) is 1.91. The molecule has 28 heavy (non-hydrogen) atoms. The van der Waals surface area contributed by atoms with Crippen molar-refractivity contribution >= 4 is 28.5 Å². The number of piperidine rings is 1. The minimum absolute atomic E-state index is 0.0195. The number of benzene rings is 1. The first-order chi connectivity index (χ1) is 13.6. The standard InChI is InChI=1S/C22H26N4O2/c1-4-16-6-5-7-18(12-16)25-21(27)17-8-10-26(11-9-17)20-19-14(2)15(3)28-22(19)24-13-23-20/h5-7,12-13,17H,4,8-11H2,1-3H3,(H,25,27). The van der Waals surface area contributed by atoms with Crippen molar-refractivity contribution in [1.29, 1.82) is 0 Å². The number of aryl methyl sites for hydroxylation is 3. The van der Waals surface area contributed by atoms with Gasteiger partial charge in [0, 0.05) is 30.3 Å². The van der Waals surface area contributed by atoms with Crippen LogP contribution in [0.5, 0.6) is 0 Å². The predicted molar refractivity (Wildman–Crippen MR) is 111 cm³/mol. The molecule has 1 aromatic carbocycles. The van der Waals surface area contributed by atoms with Gasteiger partial charge in [0.05, 0.1) is 5.39 Å². The average molecular weight is 378 g/mol. The zero-order chi connectivity index (χ0) is 19.7. The van der Waals surface area contributed by atoms with E-state index in [4.69, 9.17) is 4.42 Å². The van der Waals surface area contributed by atoms with Crippen LogP contribution in [0.15, 0.2) is 35.0 Å². The summed E-state index contributed by atoms with van der Waals surface area (Å²) in [6.07, 6.45) is 4.13. The first-order valence-electron chi connectivity index (χ1n) is 9.92. The van der Waals surface area contributed by atoms with Crippen LogP contribution < -0.4 is 10.2 Å². The molecule has 0 atom stereocenters. The van der Waals surface area contributed by atoms with Crippen molar-refractivity contribution in [3.8, 4) is 0 Å². The first-order valence-corrected chi connectivity index (χ1v) is 9.92. The smallest absolute Gasteiger partial charge is 0.231 e. The maximum Gasteiger partial charge on any atom is 0.231 e.